The fourth-order valence-electron chi connectivity index (χ4n) is 1.85. The summed E-state index contributed by atoms with van der Waals surface area (Å²) in [4.78, 5) is 0. The number of aromatic amines is 1. The Morgan fingerprint density at radius 2 is 2.18 bits per heavy atom. The number of aryl methyl sites for hydroxylation is 1. The summed E-state index contributed by atoms with van der Waals surface area (Å²) in [7, 11) is 1.98. The lowest BCUT2D eigenvalue weighted by atomic mass is 10.0. The molecule has 1 aromatic heterocycles. The number of H-pyrrole nitrogens is 1. The molecule has 0 aliphatic rings. The molecule has 0 saturated heterocycles. The van der Waals surface area contributed by atoms with Crippen molar-refractivity contribution in [2.75, 3.05) is 13.6 Å². The number of benzene rings is 1. The van der Waals surface area contributed by atoms with Gasteiger partial charge in [-0.1, -0.05) is 34.1 Å². The van der Waals surface area contributed by atoms with Crippen LogP contribution in [0, 0.1) is 0 Å². The van der Waals surface area contributed by atoms with Gasteiger partial charge >= 0.3 is 0 Å². The molecule has 2 aromatic rings. The Morgan fingerprint density at radius 1 is 1.35 bits per heavy atom. The molecule has 2 N–H and O–H groups in total. The van der Waals surface area contributed by atoms with E-state index in [0.717, 1.165) is 29.6 Å². The second kappa shape index (κ2) is 5.98. The van der Waals surface area contributed by atoms with Crippen LogP contribution in [-0.4, -0.2) is 23.8 Å². The van der Waals surface area contributed by atoms with Gasteiger partial charge in [0.2, 0.25) is 0 Å². The highest BCUT2D eigenvalue weighted by Crippen LogP contribution is 2.29. The van der Waals surface area contributed by atoms with Crippen LogP contribution in [0.25, 0.3) is 11.3 Å². The highest BCUT2D eigenvalue weighted by molar-refractivity contribution is 9.10. The molecule has 17 heavy (non-hydrogen) atoms. The zero-order valence-electron chi connectivity index (χ0n) is 9.83. The van der Waals surface area contributed by atoms with Gasteiger partial charge < -0.3 is 5.32 Å². The average Bonchev–Trinajstić information content (AvgIpc) is 2.78. The molecule has 0 fully saturated rings. The van der Waals surface area contributed by atoms with Gasteiger partial charge in [-0.25, -0.2) is 0 Å². The van der Waals surface area contributed by atoms with Crippen molar-refractivity contribution < 1.29 is 0 Å². The first-order valence-corrected chi connectivity index (χ1v) is 6.54. The number of aromatic nitrogens is 2. The Labute approximate surface area is 110 Å². The molecule has 0 unspecified atom stereocenters. The standard InChI is InChI=1S/C13H16BrN3/c1-15-8-4-5-10-9-16-17-13(10)11-6-2-3-7-12(11)14/h2-3,6-7,9,15H,4-5,8H2,1H3,(H,16,17). The molecule has 1 heterocycles. The molecular weight excluding hydrogens is 278 g/mol. The van der Waals surface area contributed by atoms with Crippen LogP contribution in [0.2, 0.25) is 0 Å². The second-order valence-corrected chi connectivity index (χ2v) is 4.81. The Morgan fingerprint density at radius 3 is 2.94 bits per heavy atom. The lowest BCUT2D eigenvalue weighted by molar-refractivity contribution is 0.725. The van der Waals surface area contributed by atoms with Gasteiger partial charge in [0.05, 0.1) is 11.9 Å². The molecule has 3 nitrogen and oxygen atoms in total. The summed E-state index contributed by atoms with van der Waals surface area (Å²) in [5, 5.41) is 10.4. The molecule has 0 spiro atoms. The number of hydrogen-bond acceptors (Lipinski definition) is 2. The molecule has 1 aromatic carbocycles. The van der Waals surface area contributed by atoms with E-state index in [9.17, 15) is 0 Å². The van der Waals surface area contributed by atoms with Gasteiger partial charge in [-0.15, -0.1) is 0 Å². The van der Waals surface area contributed by atoms with Gasteiger partial charge in [0.15, 0.2) is 0 Å². The van der Waals surface area contributed by atoms with E-state index >= 15 is 0 Å². The van der Waals surface area contributed by atoms with Crippen LogP contribution in [0.3, 0.4) is 0 Å². The summed E-state index contributed by atoms with van der Waals surface area (Å²) >= 11 is 3.57. The third kappa shape index (κ3) is 2.96. The number of rotatable bonds is 5. The van der Waals surface area contributed by atoms with E-state index in [0.29, 0.717) is 0 Å². The average molecular weight is 294 g/mol. The van der Waals surface area contributed by atoms with E-state index in [-0.39, 0.29) is 0 Å². The zero-order valence-corrected chi connectivity index (χ0v) is 11.4. The Balaban J connectivity index is 2.22. The maximum Gasteiger partial charge on any atom is 0.0693 e. The molecular formula is C13H16BrN3. The monoisotopic (exact) mass is 293 g/mol. The Hall–Kier alpha value is -1.13. The smallest absolute Gasteiger partial charge is 0.0693 e. The number of halogens is 1. The van der Waals surface area contributed by atoms with E-state index < -0.39 is 0 Å². The van der Waals surface area contributed by atoms with E-state index in [1.165, 1.54) is 11.1 Å². The molecule has 2 rings (SSSR count). The van der Waals surface area contributed by atoms with E-state index in [4.69, 9.17) is 0 Å². The van der Waals surface area contributed by atoms with Crippen LogP contribution >= 0.6 is 15.9 Å². The van der Waals surface area contributed by atoms with Crippen LogP contribution in [-0.2, 0) is 6.42 Å². The third-order valence-corrected chi connectivity index (χ3v) is 3.43. The summed E-state index contributed by atoms with van der Waals surface area (Å²) in [5.74, 6) is 0. The van der Waals surface area contributed by atoms with Crippen molar-refractivity contribution in [3.63, 3.8) is 0 Å². The Bertz CT molecular complexity index is 479. The number of hydrogen-bond donors (Lipinski definition) is 2. The maximum absolute atomic E-state index is 4.15. The predicted octanol–water partition coefficient (Wildman–Crippen LogP) is 2.99. The van der Waals surface area contributed by atoms with Gasteiger partial charge in [-0.3, -0.25) is 5.10 Å². The predicted molar refractivity (Wildman–Crippen MR) is 74.0 cm³/mol. The summed E-state index contributed by atoms with van der Waals surface area (Å²) in [6, 6.07) is 8.20. The van der Waals surface area contributed by atoms with Crippen molar-refractivity contribution in [1.29, 1.82) is 0 Å². The van der Waals surface area contributed by atoms with Gasteiger partial charge in [0, 0.05) is 10.0 Å². The van der Waals surface area contributed by atoms with Crippen molar-refractivity contribution in [1.82, 2.24) is 15.5 Å². The molecule has 0 aliphatic carbocycles. The lowest BCUT2D eigenvalue weighted by Gasteiger charge is -2.05. The topological polar surface area (TPSA) is 40.7 Å². The zero-order chi connectivity index (χ0) is 12.1. The molecule has 0 radical (unpaired) electrons. The molecule has 0 atom stereocenters. The van der Waals surface area contributed by atoms with E-state index in [2.05, 4.69) is 37.5 Å². The first-order valence-electron chi connectivity index (χ1n) is 5.74. The van der Waals surface area contributed by atoms with Gasteiger partial charge in [0.1, 0.15) is 0 Å². The van der Waals surface area contributed by atoms with Crippen LogP contribution in [0.1, 0.15) is 12.0 Å². The van der Waals surface area contributed by atoms with Gasteiger partial charge in [-0.05, 0) is 38.1 Å². The van der Waals surface area contributed by atoms with Crippen molar-refractivity contribution in [2.24, 2.45) is 0 Å². The van der Waals surface area contributed by atoms with Crippen molar-refractivity contribution in [3.05, 3.63) is 40.5 Å². The van der Waals surface area contributed by atoms with E-state index in [1.807, 2.05) is 31.4 Å². The van der Waals surface area contributed by atoms with Crippen LogP contribution < -0.4 is 5.32 Å². The summed E-state index contributed by atoms with van der Waals surface area (Å²) < 4.78 is 1.10. The summed E-state index contributed by atoms with van der Waals surface area (Å²) in [5.41, 5.74) is 3.56. The van der Waals surface area contributed by atoms with Crippen LogP contribution in [0.15, 0.2) is 34.9 Å². The third-order valence-electron chi connectivity index (χ3n) is 2.73. The highest BCUT2D eigenvalue weighted by atomic mass is 79.9. The van der Waals surface area contributed by atoms with Gasteiger partial charge in [-0.2, -0.15) is 5.10 Å². The molecule has 0 aliphatic heterocycles. The normalized spacial score (nSPS) is 10.7. The highest BCUT2D eigenvalue weighted by Gasteiger charge is 2.09. The molecule has 0 amide bonds. The number of nitrogens with one attached hydrogen (secondary N) is 2. The summed E-state index contributed by atoms with van der Waals surface area (Å²) in [6.07, 6.45) is 4.08. The fourth-order valence-corrected chi connectivity index (χ4v) is 2.34. The maximum atomic E-state index is 4.15. The Kier molecular flexibility index (Phi) is 4.34. The first kappa shape index (κ1) is 12.3. The molecule has 90 valence electrons. The first-order chi connectivity index (χ1) is 8.33. The molecule has 4 heteroatoms. The van der Waals surface area contributed by atoms with Gasteiger partial charge in [0.25, 0.3) is 0 Å². The van der Waals surface area contributed by atoms with Crippen LogP contribution in [0.4, 0.5) is 0 Å². The van der Waals surface area contributed by atoms with E-state index in [1.54, 1.807) is 0 Å². The lowest BCUT2D eigenvalue weighted by Crippen LogP contribution is -2.08. The van der Waals surface area contributed by atoms with Crippen LogP contribution in [0.5, 0.6) is 0 Å². The minimum Gasteiger partial charge on any atom is -0.320 e. The number of nitrogens with zero attached hydrogens (tertiary/aromatic N) is 1. The van der Waals surface area contributed by atoms with Crippen molar-refractivity contribution in [3.8, 4) is 11.3 Å². The minimum absolute atomic E-state index is 1.03. The second-order valence-electron chi connectivity index (χ2n) is 3.96. The molecule has 0 bridgehead atoms. The fraction of sp³-hybridized carbons (Fsp3) is 0.308. The summed E-state index contributed by atoms with van der Waals surface area (Å²) in [6.45, 7) is 1.03. The molecule has 0 saturated carbocycles. The SMILES string of the molecule is CNCCCc1cn[nH]c1-c1ccccc1Br. The van der Waals surface area contributed by atoms with Crippen molar-refractivity contribution >= 4 is 15.9 Å². The largest absolute Gasteiger partial charge is 0.320 e. The quantitative estimate of drug-likeness (QED) is 0.832. The minimum atomic E-state index is 1.03. The van der Waals surface area contributed by atoms with Crippen molar-refractivity contribution in [2.45, 2.75) is 12.8 Å².